The molecule has 10 heteroatoms. The van der Waals surface area contributed by atoms with E-state index in [0.717, 1.165) is 51.9 Å². The molecule has 0 saturated carbocycles. The van der Waals surface area contributed by atoms with Gasteiger partial charge < -0.3 is 35.3 Å². The van der Waals surface area contributed by atoms with E-state index in [4.69, 9.17) is 15.3 Å². The smallest absolute Gasteiger partial charge is 0.319 e. The second-order valence-corrected chi connectivity index (χ2v) is 7.24. The van der Waals surface area contributed by atoms with Gasteiger partial charge in [-0.1, -0.05) is 0 Å². The summed E-state index contributed by atoms with van der Waals surface area (Å²) in [6.07, 6.45) is 4.05. The van der Waals surface area contributed by atoms with E-state index in [1.54, 1.807) is 14.7 Å². The van der Waals surface area contributed by atoms with E-state index in [-0.39, 0.29) is 37.7 Å². The van der Waals surface area contributed by atoms with Gasteiger partial charge in [-0.05, 0) is 19.3 Å². The Bertz CT molecular complexity index is 467. The lowest BCUT2D eigenvalue weighted by Gasteiger charge is -2.07. The van der Waals surface area contributed by atoms with Crippen LogP contribution in [0, 0.1) is 5.92 Å². The van der Waals surface area contributed by atoms with Crippen molar-refractivity contribution in [1.29, 1.82) is 0 Å². The van der Waals surface area contributed by atoms with Crippen LogP contribution >= 0.6 is 0 Å². The van der Waals surface area contributed by atoms with Gasteiger partial charge in [-0.2, -0.15) is 0 Å². The molecule has 0 aromatic rings. The molecule has 0 bridgehead atoms. The van der Waals surface area contributed by atoms with Gasteiger partial charge in [-0.3, -0.25) is 9.59 Å². The second kappa shape index (κ2) is 15.9. The number of carbonyl (C=O) groups is 3. The van der Waals surface area contributed by atoms with E-state index in [1.807, 2.05) is 21.1 Å². The molecular formula is C19H38N4O6. The average Bonchev–Trinajstić information content (AvgIpc) is 3.42. The summed E-state index contributed by atoms with van der Waals surface area (Å²) in [6, 6.07) is 0.130. The molecule has 3 saturated heterocycles. The Kier molecular flexibility index (Phi) is 14.9. The highest BCUT2D eigenvalue weighted by Gasteiger charge is 2.20. The number of urea groups is 1. The maximum absolute atomic E-state index is 10.8. The van der Waals surface area contributed by atoms with Crippen molar-refractivity contribution in [2.75, 3.05) is 67.1 Å². The predicted octanol–water partition coefficient (Wildman–Crippen LogP) is -0.912. The molecule has 3 rings (SSSR count). The number of hydrogen-bond donors (Lipinski definition) is 4. The molecule has 0 aromatic carbocycles. The standard InChI is InChI=1S/C5H10N2O.C5H9NO.C5H12O3.C4H7NO/c1-6-3-4-7(2)5(6)8;1-6-4-2-3-5(6)7;6-2-1-5(3-7)4-8;6-4-2-1-3-5-4/h3-4H2,1-2H3;2-4H2,1H3;5-8H,1-4H2;1-3H2,(H,5,6). The van der Waals surface area contributed by atoms with E-state index in [2.05, 4.69) is 5.32 Å². The summed E-state index contributed by atoms with van der Waals surface area (Å²) in [4.78, 5) is 36.6. The van der Waals surface area contributed by atoms with Crippen molar-refractivity contribution in [2.45, 2.75) is 32.1 Å². The van der Waals surface area contributed by atoms with Gasteiger partial charge in [0.2, 0.25) is 11.8 Å². The molecule has 0 spiro atoms. The number of aliphatic hydroxyl groups excluding tert-OH is 3. The molecule has 3 aliphatic heterocycles. The van der Waals surface area contributed by atoms with Crippen molar-refractivity contribution in [2.24, 2.45) is 5.92 Å². The fourth-order valence-corrected chi connectivity index (χ4v) is 2.55. The molecule has 10 nitrogen and oxygen atoms in total. The zero-order chi connectivity index (χ0) is 22.2. The van der Waals surface area contributed by atoms with E-state index in [1.165, 1.54) is 0 Å². The Morgan fingerprint density at radius 3 is 1.59 bits per heavy atom. The molecule has 0 aromatic heterocycles. The minimum atomic E-state index is -0.139. The highest BCUT2D eigenvalue weighted by Crippen LogP contribution is 2.04. The Morgan fingerprint density at radius 2 is 1.45 bits per heavy atom. The zero-order valence-electron chi connectivity index (χ0n) is 18.0. The summed E-state index contributed by atoms with van der Waals surface area (Å²) < 4.78 is 0. The highest BCUT2D eigenvalue weighted by molar-refractivity contribution is 5.78. The number of amides is 4. The first-order chi connectivity index (χ1) is 13.8. The normalized spacial score (nSPS) is 18.0. The Balaban J connectivity index is 0.000000362. The molecule has 170 valence electrons. The molecule has 0 aliphatic carbocycles. The minimum absolute atomic E-state index is 0.0335. The lowest BCUT2D eigenvalue weighted by molar-refractivity contribution is -0.126. The van der Waals surface area contributed by atoms with Crippen molar-refractivity contribution in [1.82, 2.24) is 20.0 Å². The van der Waals surface area contributed by atoms with Crippen LogP contribution in [0.3, 0.4) is 0 Å². The van der Waals surface area contributed by atoms with E-state index >= 15 is 0 Å². The van der Waals surface area contributed by atoms with Crippen LogP contribution in [0.2, 0.25) is 0 Å². The maximum Gasteiger partial charge on any atom is 0.319 e. The summed E-state index contributed by atoms with van der Waals surface area (Å²) in [5.41, 5.74) is 0. The number of rotatable bonds is 4. The number of nitrogens with one attached hydrogen (secondary N) is 1. The lowest BCUT2D eigenvalue weighted by atomic mass is 10.1. The zero-order valence-corrected chi connectivity index (χ0v) is 18.0. The minimum Gasteiger partial charge on any atom is -0.396 e. The Morgan fingerprint density at radius 1 is 0.862 bits per heavy atom. The summed E-state index contributed by atoms with van der Waals surface area (Å²) in [7, 11) is 5.47. The fourth-order valence-electron chi connectivity index (χ4n) is 2.55. The number of nitrogens with zero attached hydrogens (tertiary/aromatic N) is 3. The molecule has 3 heterocycles. The summed E-state index contributed by atoms with van der Waals surface area (Å²) in [6.45, 7) is 3.53. The van der Waals surface area contributed by atoms with Crippen molar-refractivity contribution in [3.63, 3.8) is 0 Å². The van der Waals surface area contributed by atoms with Gasteiger partial charge in [0.25, 0.3) is 0 Å². The molecule has 29 heavy (non-hydrogen) atoms. The molecule has 3 aliphatic rings. The summed E-state index contributed by atoms with van der Waals surface area (Å²) in [5.74, 6) is 0.356. The first-order valence-corrected chi connectivity index (χ1v) is 10.1. The van der Waals surface area contributed by atoms with Crippen LogP contribution in [0.5, 0.6) is 0 Å². The topological polar surface area (TPSA) is 134 Å². The molecule has 4 N–H and O–H groups in total. The molecule has 3 fully saturated rings. The van der Waals surface area contributed by atoms with Gasteiger partial charge in [-0.25, -0.2) is 4.79 Å². The van der Waals surface area contributed by atoms with Crippen molar-refractivity contribution < 1.29 is 29.7 Å². The van der Waals surface area contributed by atoms with Gasteiger partial charge in [-0.15, -0.1) is 0 Å². The average molecular weight is 419 g/mol. The fraction of sp³-hybridized carbons (Fsp3) is 0.842. The summed E-state index contributed by atoms with van der Waals surface area (Å²) in [5, 5.41) is 27.7. The number of likely N-dealkylation sites (N-methyl/N-ethyl adjacent to an activating group) is 2. The van der Waals surface area contributed by atoms with Crippen LogP contribution in [-0.2, 0) is 9.59 Å². The van der Waals surface area contributed by atoms with Crippen LogP contribution in [0.25, 0.3) is 0 Å². The van der Waals surface area contributed by atoms with Crippen molar-refractivity contribution in [3.8, 4) is 0 Å². The molecule has 0 atom stereocenters. The predicted molar refractivity (Wildman–Crippen MR) is 109 cm³/mol. The Hall–Kier alpha value is -1.91. The van der Waals surface area contributed by atoms with Gasteiger partial charge in [0.15, 0.2) is 0 Å². The van der Waals surface area contributed by atoms with Gasteiger partial charge in [0.1, 0.15) is 0 Å². The third-order valence-corrected chi connectivity index (χ3v) is 4.69. The maximum atomic E-state index is 10.8. The number of aliphatic hydroxyl groups is 3. The molecular weight excluding hydrogens is 380 g/mol. The number of carbonyl (C=O) groups excluding carboxylic acids is 3. The quantitative estimate of drug-likeness (QED) is 0.467. The van der Waals surface area contributed by atoms with E-state index in [0.29, 0.717) is 12.3 Å². The van der Waals surface area contributed by atoms with Crippen LogP contribution in [0.1, 0.15) is 32.1 Å². The van der Waals surface area contributed by atoms with Crippen LogP contribution in [0.15, 0.2) is 0 Å². The number of likely N-dealkylation sites (tertiary alicyclic amines) is 1. The van der Waals surface area contributed by atoms with Crippen LogP contribution in [0.4, 0.5) is 4.79 Å². The van der Waals surface area contributed by atoms with Gasteiger partial charge in [0, 0.05) is 85.9 Å². The molecule has 4 amide bonds. The van der Waals surface area contributed by atoms with Gasteiger partial charge in [0.05, 0.1) is 0 Å². The first kappa shape index (κ1) is 27.1. The van der Waals surface area contributed by atoms with Crippen molar-refractivity contribution in [3.05, 3.63) is 0 Å². The monoisotopic (exact) mass is 418 g/mol. The molecule has 0 unspecified atom stereocenters. The van der Waals surface area contributed by atoms with Crippen LogP contribution < -0.4 is 5.32 Å². The lowest BCUT2D eigenvalue weighted by Crippen LogP contribution is -2.25. The largest absolute Gasteiger partial charge is 0.396 e. The Labute approximate surface area is 173 Å². The van der Waals surface area contributed by atoms with Gasteiger partial charge >= 0.3 is 6.03 Å². The van der Waals surface area contributed by atoms with Crippen molar-refractivity contribution >= 4 is 17.8 Å². The molecule has 0 radical (unpaired) electrons. The highest BCUT2D eigenvalue weighted by atomic mass is 16.3. The summed E-state index contributed by atoms with van der Waals surface area (Å²) >= 11 is 0. The van der Waals surface area contributed by atoms with E-state index in [9.17, 15) is 14.4 Å². The first-order valence-electron chi connectivity index (χ1n) is 10.1. The van der Waals surface area contributed by atoms with Crippen LogP contribution in [-0.4, -0.2) is 115 Å². The number of hydrogen-bond acceptors (Lipinski definition) is 6. The third-order valence-electron chi connectivity index (χ3n) is 4.69. The third kappa shape index (κ3) is 12.3. The second-order valence-electron chi connectivity index (χ2n) is 7.24. The van der Waals surface area contributed by atoms with E-state index < -0.39 is 0 Å². The SMILES string of the molecule is CN1CCCC1=O.CN1CCN(C)C1=O.O=C1CCCN1.OCCC(CO)CO.